The molecule has 0 radical (unpaired) electrons. The lowest BCUT2D eigenvalue weighted by molar-refractivity contribution is 0.794. The van der Waals surface area contributed by atoms with Gasteiger partial charge in [-0.15, -0.1) is 0 Å². The van der Waals surface area contributed by atoms with Gasteiger partial charge >= 0.3 is 0 Å². The van der Waals surface area contributed by atoms with Crippen LogP contribution in [-0.2, 0) is 0 Å². The summed E-state index contributed by atoms with van der Waals surface area (Å²) in [5.41, 5.74) is 3.89. The summed E-state index contributed by atoms with van der Waals surface area (Å²) in [7, 11) is 0. The van der Waals surface area contributed by atoms with Crippen molar-refractivity contribution in [3.05, 3.63) is 87.7 Å². The van der Waals surface area contributed by atoms with Gasteiger partial charge in [0.1, 0.15) is 0 Å². The van der Waals surface area contributed by atoms with Crippen LogP contribution in [0.1, 0.15) is 5.56 Å². The molecule has 2 heterocycles. The number of rotatable bonds is 1. The third-order valence-electron chi connectivity index (χ3n) is 4.65. The molecule has 0 saturated carbocycles. The Bertz CT molecular complexity index is 1370. The second kappa shape index (κ2) is 5.44. The van der Waals surface area contributed by atoms with Gasteiger partial charge in [-0.3, -0.25) is 4.79 Å². The summed E-state index contributed by atoms with van der Waals surface area (Å²) >= 11 is 6.50. The van der Waals surface area contributed by atoms with Crippen LogP contribution in [0.15, 0.2) is 71.5 Å². The van der Waals surface area contributed by atoms with Crippen molar-refractivity contribution >= 4 is 39.1 Å². The van der Waals surface area contributed by atoms with Crippen LogP contribution in [0.4, 0.5) is 0 Å². The molecule has 0 spiro atoms. The van der Waals surface area contributed by atoms with Crippen LogP contribution in [-0.4, -0.2) is 14.2 Å². The summed E-state index contributed by atoms with van der Waals surface area (Å²) in [6.07, 6.45) is 0. The standard InChI is InChI=1S/C21H14ClN3O/c1-13-10-11-17-15(12-13)21(26)25-20(23-17)19-16(22)8-5-9-18(19)24(25)14-6-3-2-4-7-14/h2-12H,1H3. The van der Waals surface area contributed by atoms with Crippen LogP contribution in [0, 0.1) is 6.92 Å². The Labute approximate surface area is 153 Å². The van der Waals surface area contributed by atoms with E-state index in [0.29, 0.717) is 21.6 Å². The maximum atomic E-state index is 13.4. The van der Waals surface area contributed by atoms with Gasteiger partial charge < -0.3 is 0 Å². The molecule has 126 valence electrons. The molecule has 0 aliphatic heterocycles. The van der Waals surface area contributed by atoms with Gasteiger partial charge in [-0.1, -0.05) is 47.5 Å². The van der Waals surface area contributed by atoms with Crippen LogP contribution < -0.4 is 5.56 Å². The fourth-order valence-electron chi connectivity index (χ4n) is 3.48. The number of fused-ring (bicyclic) bond motifs is 4. The molecule has 0 unspecified atom stereocenters. The first-order valence-corrected chi connectivity index (χ1v) is 8.71. The molecule has 26 heavy (non-hydrogen) atoms. The zero-order valence-corrected chi connectivity index (χ0v) is 14.7. The maximum absolute atomic E-state index is 13.4. The summed E-state index contributed by atoms with van der Waals surface area (Å²) in [6.45, 7) is 1.97. The van der Waals surface area contributed by atoms with E-state index in [1.54, 1.807) is 4.52 Å². The summed E-state index contributed by atoms with van der Waals surface area (Å²) < 4.78 is 3.50. The Morgan fingerprint density at radius 2 is 1.77 bits per heavy atom. The van der Waals surface area contributed by atoms with E-state index in [1.807, 2.05) is 78.3 Å². The van der Waals surface area contributed by atoms with Gasteiger partial charge in [-0.05, 0) is 43.3 Å². The van der Waals surface area contributed by atoms with Crippen molar-refractivity contribution in [3.63, 3.8) is 0 Å². The molecule has 0 fully saturated rings. The molecular weight excluding hydrogens is 346 g/mol. The van der Waals surface area contributed by atoms with Crippen LogP contribution in [0.5, 0.6) is 0 Å². The Kier molecular flexibility index (Phi) is 3.18. The number of nitrogens with zero attached hydrogens (tertiary/aromatic N) is 3. The molecule has 0 atom stereocenters. The largest absolute Gasteiger partial charge is 0.281 e. The highest BCUT2D eigenvalue weighted by molar-refractivity contribution is 6.36. The van der Waals surface area contributed by atoms with Gasteiger partial charge in [0.2, 0.25) is 0 Å². The highest BCUT2D eigenvalue weighted by Gasteiger charge is 2.18. The molecule has 0 bridgehead atoms. The van der Waals surface area contributed by atoms with Gasteiger partial charge in [0, 0.05) is 0 Å². The number of hydrogen-bond acceptors (Lipinski definition) is 2. The Morgan fingerprint density at radius 3 is 2.58 bits per heavy atom. The number of para-hydroxylation sites is 1. The first-order chi connectivity index (χ1) is 12.6. The normalized spacial score (nSPS) is 11.6. The van der Waals surface area contributed by atoms with Gasteiger partial charge in [0.05, 0.1) is 32.5 Å². The molecular formula is C21H14ClN3O. The molecule has 0 amide bonds. The van der Waals surface area contributed by atoms with Crippen LogP contribution in [0.2, 0.25) is 5.02 Å². The van der Waals surface area contributed by atoms with Gasteiger partial charge in [-0.25, -0.2) is 9.67 Å². The monoisotopic (exact) mass is 359 g/mol. The molecule has 3 aromatic carbocycles. The lowest BCUT2D eigenvalue weighted by Crippen LogP contribution is -2.20. The number of benzene rings is 3. The maximum Gasteiger partial charge on any atom is 0.281 e. The topological polar surface area (TPSA) is 39.3 Å². The van der Waals surface area contributed by atoms with E-state index in [9.17, 15) is 4.79 Å². The Hall–Kier alpha value is -3.11. The molecule has 0 N–H and O–H groups in total. The first kappa shape index (κ1) is 15.2. The van der Waals surface area contributed by atoms with Crippen LogP contribution in [0.25, 0.3) is 33.1 Å². The third kappa shape index (κ3) is 2.02. The summed E-state index contributed by atoms with van der Waals surface area (Å²) in [4.78, 5) is 18.1. The zero-order valence-electron chi connectivity index (χ0n) is 14.0. The Balaban J connectivity index is 2.11. The Morgan fingerprint density at radius 1 is 0.962 bits per heavy atom. The quantitative estimate of drug-likeness (QED) is 0.433. The van der Waals surface area contributed by atoms with Gasteiger partial charge in [0.25, 0.3) is 5.56 Å². The van der Waals surface area contributed by atoms with E-state index >= 15 is 0 Å². The molecule has 5 aromatic rings. The molecule has 0 aliphatic carbocycles. The van der Waals surface area contributed by atoms with Crippen molar-refractivity contribution in [2.45, 2.75) is 6.92 Å². The average Bonchev–Trinajstić information content (AvgIpc) is 2.99. The smallest absolute Gasteiger partial charge is 0.267 e. The molecule has 0 saturated heterocycles. The minimum absolute atomic E-state index is 0.107. The van der Waals surface area contributed by atoms with Crippen molar-refractivity contribution in [3.8, 4) is 5.69 Å². The lowest BCUT2D eigenvalue weighted by Gasteiger charge is -2.08. The summed E-state index contributed by atoms with van der Waals surface area (Å²) in [6, 6.07) is 21.2. The first-order valence-electron chi connectivity index (χ1n) is 8.33. The number of aromatic nitrogens is 3. The molecule has 2 aromatic heterocycles. The summed E-state index contributed by atoms with van der Waals surface area (Å²) in [5.74, 6) is 0. The van der Waals surface area contributed by atoms with Gasteiger partial charge in [-0.2, -0.15) is 4.52 Å². The van der Waals surface area contributed by atoms with Crippen molar-refractivity contribution in [2.75, 3.05) is 0 Å². The van der Waals surface area contributed by atoms with E-state index in [2.05, 4.69) is 0 Å². The molecule has 0 aliphatic rings. The predicted octanol–water partition coefficient (Wildman–Crippen LogP) is 4.75. The third-order valence-corrected chi connectivity index (χ3v) is 4.96. The lowest BCUT2D eigenvalue weighted by atomic mass is 10.1. The van der Waals surface area contributed by atoms with Crippen molar-refractivity contribution in [1.29, 1.82) is 0 Å². The van der Waals surface area contributed by atoms with Crippen molar-refractivity contribution < 1.29 is 0 Å². The number of halogens is 1. The zero-order chi connectivity index (χ0) is 17.8. The fourth-order valence-corrected chi connectivity index (χ4v) is 3.73. The van der Waals surface area contributed by atoms with E-state index in [0.717, 1.165) is 22.2 Å². The minimum Gasteiger partial charge on any atom is -0.267 e. The van der Waals surface area contributed by atoms with Crippen LogP contribution >= 0.6 is 11.6 Å². The average molecular weight is 360 g/mol. The highest BCUT2D eigenvalue weighted by Crippen LogP contribution is 2.30. The van der Waals surface area contributed by atoms with E-state index in [1.165, 1.54) is 0 Å². The second-order valence-electron chi connectivity index (χ2n) is 6.35. The van der Waals surface area contributed by atoms with E-state index in [-0.39, 0.29) is 5.56 Å². The van der Waals surface area contributed by atoms with E-state index in [4.69, 9.17) is 16.6 Å². The number of aryl methyl sites for hydroxylation is 1. The predicted molar refractivity (Wildman–Crippen MR) is 106 cm³/mol. The highest BCUT2D eigenvalue weighted by atomic mass is 35.5. The number of hydrogen-bond donors (Lipinski definition) is 0. The van der Waals surface area contributed by atoms with E-state index < -0.39 is 0 Å². The van der Waals surface area contributed by atoms with Crippen LogP contribution in [0.3, 0.4) is 0 Å². The van der Waals surface area contributed by atoms with Crippen molar-refractivity contribution in [1.82, 2.24) is 14.2 Å². The minimum atomic E-state index is -0.107. The summed E-state index contributed by atoms with van der Waals surface area (Å²) in [5, 5.41) is 1.95. The fraction of sp³-hybridized carbons (Fsp3) is 0.0476. The van der Waals surface area contributed by atoms with Crippen molar-refractivity contribution in [2.24, 2.45) is 0 Å². The molecule has 5 heteroatoms. The van der Waals surface area contributed by atoms with Gasteiger partial charge in [0.15, 0.2) is 5.65 Å². The molecule has 5 rings (SSSR count). The second-order valence-corrected chi connectivity index (χ2v) is 6.76. The molecule has 4 nitrogen and oxygen atoms in total. The SMILES string of the molecule is Cc1ccc2nc3c4c(Cl)cccc4n(-c4ccccc4)n3c(=O)c2c1.